The molecular weight excluding hydrogens is 242 g/mol. The van der Waals surface area contributed by atoms with E-state index in [9.17, 15) is 15.0 Å². The number of aromatic nitrogens is 2. The summed E-state index contributed by atoms with van der Waals surface area (Å²) in [5, 5.41) is 24.3. The lowest BCUT2D eigenvalue weighted by Gasteiger charge is -2.16. The van der Waals surface area contributed by atoms with E-state index in [0.29, 0.717) is 18.2 Å². The number of thioether (sulfide) groups is 1. The number of aliphatic hydroxyl groups is 1. The highest BCUT2D eigenvalue weighted by Crippen LogP contribution is 2.16. The Morgan fingerprint density at radius 3 is 2.76 bits per heavy atom. The predicted octanol–water partition coefficient (Wildman–Crippen LogP) is -1.16. The second kappa shape index (κ2) is 6.04. The molecule has 0 spiro atoms. The van der Waals surface area contributed by atoms with Crippen molar-refractivity contribution in [3.8, 4) is 5.88 Å². The number of hydrogen-bond donors (Lipinski definition) is 2. The van der Waals surface area contributed by atoms with Crippen LogP contribution in [0.1, 0.15) is 13.8 Å². The SMILES string of the molecule is CCn1c(SC(O)NC)[n+](CC)c([O-])cc1=O. The smallest absolute Gasteiger partial charge is 0.337 e. The molecule has 1 atom stereocenters. The fraction of sp³-hybridized carbons (Fsp3) is 0.600. The lowest BCUT2D eigenvalue weighted by Crippen LogP contribution is -2.46. The third kappa shape index (κ3) is 2.99. The second-order valence-electron chi connectivity index (χ2n) is 3.35. The van der Waals surface area contributed by atoms with E-state index in [2.05, 4.69) is 5.32 Å². The molecule has 1 rings (SSSR count). The zero-order chi connectivity index (χ0) is 13.0. The monoisotopic (exact) mass is 259 g/mol. The maximum atomic E-state index is 11.7. The van der Waals surface area contributed by atoms with Crippen molar-refractivity contribution in [3.05, 3.63) is 16.4 Å². The van der Waals surface area contributed by atoms with Crippen LogP contribution in [0.2, 0.25) is 0 Å². The van der Waals surface area contributed by atoms with Crippen molar-refractivity contribution in [2.45, 2.75) is 37.7 Å². The lowest BCUT2D eigenvalue weighted by molar-refractivity contribution is -0.770. The van der Waals surface area contributed by atoms with Gasteiger partial charge in [-0.1, -0.05) is 0 Å². The Morgan fingerprint density at radius 2 is 2.29 bits per heavy atom. The first-order valence-electron chi connectivity index (χ1n) is 5.41. The first kappa shape index (κ1) is 14.0. The Bertz CT molecular complexity index is 447. The number of rotatable bonds is 5. The molecule has 0 aliphatic heterocycles. The maximum Gasteiger partial charge on any atom is 0.337 e. The summed E-state index contributed by atoms with van der Waals surface area (Å²) in [6, 6.07) is 1.07. The highest BCUT2D eigenvalue weighted by Gasteiger charge is 2.21. The molecule has 1 aromatic heterocycles. The van der Waals surface area contributed by atoms with Gasteiger partial charge in [0, 0.05) is 11.8 Å². The van der Waals surface area contributed by atoms with Gasteiger partial charge in [0.05, 0.1) is 25.0 Å². The Morgan fingerprint density at radius 1 is 1.65 bits per heavy atom. The summed E-state index contributed by atoms with van der Waals surface area (Å²) >= 11 is 1.04. The van der Waals surface area contributed by atoms with Crippen LogP contribution in [0.3, 0.4) is 0 Å². The zero-order valence-electron chi connectivity index (χ0n) is 10.1. The molecule has 0 amide bonds. The van der Waals surface area contributed by atoms with Crippen molar-refractivity contribution >= 4 is 11.8 Å². The lowest BCUT2D eigenvalue weighted by atomic mass is 10.5. The van der Waals surface area contributed by atoms with Crippen LogP contribution in [0, 0.1) is 0 Å². The molecule has 0 aliphatic carbocycles. The van der Waals surface area contributed by atoms with Crippen LogP contribution >= 0.6 is 11.8 Å². The maximum absolute atomic E-state index is 11.7. The van der Waals surface area contributed by atoms with Gasteiger partial charge in [-0.3, -0.25) is 5.32 Å². The molecule has 0 radical (unpaired) electrons. The van der Waals surface area contributed by atoms with E-state index in [1.54, 1.807) is 7.05 Å². The molecule has 2 N–H and O–H groups in total. The molecule has 0 aliphatic rings. The molecule has 0 aromatic carbocycles. The van der Waals surface area contributed by atoms with Gasteiger partial charge >= 0.3 is 10.7 Å². The molecular formula is C10H17N3O3S. The van der Waals surface area contributed by atoms with Crippen molar-refractivity contribution in [3.63, 3.8) is 0 Å². The van der Waals surface area contributed by atoms with Crippen molar-refractivity contribution in [1.29, 1.82) is 0 Å². The van der Waals surface area contributed by atoms with Crippen LogP contribution in [0.15, 0.2) is 16.0 Å². The largest absolute Gasteiger partial charge is 0.842 e. The van der Waals surface area contributed by atoms with E-state index in [1.165, 1.54) is 9.13 Å². The van der Waals surface area contributed by atoms with E-state index in [1.807, 2.05) is 13.8 Å². The van der Waals surface area contributed by atoms with E-state index in [4.69, 9.17) is 0 Å². The van der Waals surface area contributed by atoms with E-state index < -0.39 is 5.56 Å². The first-order chi connectivity index (χ1) is 8.04. The van der Waals surface area contributed by atoms with Crippen LogP contribution < -0.4 is 20.5 Å². The van der Waals surface area contributed by atoms with Crippen molar-refractivity contribution in [2.75, 3.05) is 7.05 Å². The Labute approximate surface area is 104 Å². The average molecular weight is 259 g/mol. The minimum Gasteiger partial charge on any atom is -0.842 e. The van der Waals surface area contributed by atoms with E-state index in [-0.39, 0.29) is 11.4 Å². The van der Waals surface area contributed by atoms with Gasteiger partial charge in [0.2, 0.25) is 0 Å². The number of hydrogen-bond acceptors (Lipinski definition) is 5. The highest BCUT2D eigenvalue weighted by atomic mass is 32.2. The molecule has 6 nitrogen and oxygen atoms in total. The average Bonchev–Trinajstić information content (AvgIpc) is 2.29. The molecule has 7 heteroatoms. The summed E-state index contributed by atoms with van der Waals surface area (Å²) in [7, 11) is 1.60. The molecule has 1 unspecified atom stereocenters. The van der Waals surface area contributed by atoms with Gasteiger partial charge in [-0.25, -0.2) is 9.36 Å². The van der Waals surface area contributed by atoms with Crippen LogP contribution in [0.25, 0.3) is 0 Å². The Kier molecular flexibility index (Phi) is 4.98. The minimum atomic E-state index is -0.855. The minimum absolute atomic E-state index is 0.340. The third-order valence-electron chi connectivity index (χ3n) is 2.34. The summed E-state index contributed by atoms with van der Waals surface area (Å²) in [5.74, 6) is -0.340. The van der Waals surface area contributed by atoms with Crippen molar-refractivity contribution < 1.29 is 14.8 Å². The van der Waals surface area contributed by atoms with Gasteiger partial charge in [0.25, 0.3) is 0 Å². The molecule has 17 heavy (non-hydrogen) atoms. The predicted molar refractivity (Wildman–Crippen MR) is 62.6 cm³/mol. The van der Waals surface area contributed by atoms with Gasteiger partial charge in [-0.15, -0.1) is 0 Å². The van der Waals surface area contributed by atoms with Gasteiger partial charge in [0.1, 0.15) is 0 Å². The number of nitrogens with one attached hydrogen (secondary N) is 1. The third-order valence-corrected chi connectivity index (χ3v) is 3.45. The van der Waals surface area contributed by atoms with Crippen LogP contribution in [0.4, 0.5) is 0 Å². The topological polar surface area (TPSA) is 81.2 Å². The summed E-state index contributed by atoms with van der Waals surface area (Å²) in [6.07, 6.45) is 0. The molecule has 96 valence electrons. The highest BCUT2D eigenvalue weighted by molar-refractivity contribution is 7.99. The normalized spacial score (nSPS) is 12.7. The summed E-state index contributed by atoms with van der Waals surface area (Å²) in [6.45, 7) is 4.55. The van der Waals surface area contributed by atoms with Crippen molar-refractivity contribution in [2.24, 2.45) is 0 Å². The molecule has 0 saturated heterocycles. The molecule has 1 aromatic rings. The van der Waals surface area contributed by atoms with Crippen LogP contribution in [-0.4, -0.2) is 22.3 Å². The summed E-state index contributed by atoms with van der Waals surface area (Å²) in [4.78, 5) is 11.7. The van der Waals surface area contributed by atoms with Gasteiger partial charge in [-0.05, 0) is 20.9 Å². The standard InChI is InChI=1S/C10H17N3O3S/c1-4-12-7(14)6-8(15)13(5-2)10(12)17-9(16)11-3/h6,9,11,16H,4-5H2,1-3H3. The molecule has 1 heterocycles. The fourth-order valence-corrected chi connectivity index (χ4v) is 2.47. The number of nitrogens with zero attached hydrogens (tertiary/aromatic N) is 2. The molecule has 0 bridgehead atoms. The molecule has 0 fully saturated rings. The number of aliphatic hydroxyl groups excluding tert-OH is 1. The van der Waals surface area contributed by atoms with Gasteiger partial charge in [-0.2, -0.15) is 4.57 Å². The van der Waals surface area contributed by atoms with Crippen molar-refractivity contribution in [1.82, 2.24) is 9.88 Å². The Balaban J connectivity index is 3.35. The van der Waals surface area contributed by atoms with Gasteiger partial charge in [0.15, 0.2) is 5.56 Å². The summed E-state index contributed by atoms with van der Waals surface area (Å²) in [5.41, 5.74) is -1.19. The van der Waals surface area contributed by atoms with E-state index >= 15 is 0 Å². The summed E-state index contributed by atoms with van der Waals surface area (Å²) < 4.78 is 2.94. The molecule has 0 saturated carbocycles. The van der Waals surface area contributed by atoms with Crippen LogP contribution in [0.5, 0.6) is 5.88 Å². The Hall–Kier alpha value is -1.05. The van der Waals surface area contributed by atoms with Gasteiger partial charge < -0.3 is 10.2 Å². The first-order valence-corrected chi connectivity index (χ1v) is 6.29. The quantitative estimate of drug-likeness (QED) is 0.302. The van der Waals surface area contributed by atoms with Crippen LogP contribution in [-0.2, 0) is 13.1 Å². The fourth-order valence-electron chi connectivity index (χ4n) is 1.46. The second-order valence-corrected chi connectivity index (χ2v) is 4.40. The zero-order valence-corrected chi connectivity index (χ0v) is 11.0. The van der Waals surface area contributed by atoms with E-state index in [0.717, 1.165) is 17.8 Å².